The Labute approximate surface area is 134 Å². The molecule has 122 valence electrons. The molecule has 3 heteroatoms. The molecule has 2 atom stereocenters. The zero-order chi connectivity index (χ0) is 15.7. The Balaban J connectivity index is 1.72. The van der Waals surface area contributed by atoms with Crippen LogP contribution in [0.1, 0.15) is 69.4 Å². The van der Waals surface area contributed by atoms with Crippen molar-refractivity contribution in [3.63, 3.8) is 0 Å². The van der Waals surface area contributed by atoms with E-state index in [0.29, 0.717) is 24.2 Å². The van der Waals surface area contributed by atoms with Gasteiger partial charge in [-0.1, -0.05) is 24.3 Å². The maximum absolute atomic E-state index is 6.64. The first-order chi connectivity index (χ1) is 10.5. The minimum atomic E-state index is -0.176. The maximum atomic E-state index is 6.64. The Morgan fingerprint density at radius 2 is 1.55 bits per heavy atom. The number of benzene rings is 1. The topological polar surface area (TPSA) is 61.3 Å². The fourth-order valence-corrected chi connectivity index (χ4v) is 4.21. The summed E-state index contributed by atoms with van der Waals surface area (Å²) in [6.45, 7) is 4.36. The van der Waals surface area contributed by atoms with Crippen LogP contribution in [0.4, 0.5) is 0 Å². The fourth-order valence-electron chi connectivity index (χ4n) is 4.21. The number of nitrogens with two attached hydrogens (primary N) is 2. The molecular formula is C19H30N2O. The summed E-state index contributed by atoms with van der Waals surface area (Å²) >= 11 is 0. The van der Waals surface area contributed by atoms with Crippen molar-refractivity contribution in [2.45, 2.75) is 82.1 Å². The lowest BCUT2D eigenvalue weighted by atomic mass is 9.75. The highest BCUT2D eigenvalue weighted by Crippen LogP contribution is 2.37. The summed E-state index contributed by atoms with van der Waals surface area (Å²) in [4.78, 5) is 0. The highest BCUT2D eigenvalue weighted by molar-refractivity contribution is 5.31. The zero-order valence-corrected chi connectivity index (χ0v) is 13.9. The van der Waals surface area contributed by atoms with Crippen LogP contribution in [0, 0.1) is 0 Å². The second-order valence-corrected chi connectivity index (χ2v) is 7.54. The van der Waals surface area contributed by atoms with Gasteiger partial charge < -0.3 is 16.2 Å². The van der Waals surface area contributed by atoms with Gasteiger partial charge in [-0.05, 0) is 69.4 Å². The van der Waals surface area contributed by atoms with Crippen molar-refractivity contribution < 1.29 is 4.74 Å². The van der Waals surface area contributed by atoms with Crippen molar-refractivity contribution >= 4 is 0 Å². The monoisotopic (exact) mass is 302 g/mol. The van der Waals surface area contributed by atoms with Gasteiger partial charge in [0.1, 0.15) is 0 Å². The lowest BCUT2D eigenvalue weighted by Crippen LogP contribution is -2.43. The maximum Gasteiger partial charge on any atom is 0.0556 e. The zero-order valence-electron chi connectivity index (χ0n) is 13.9. The van der Waals surface area contributed by atoms with Crippen molar-refractivity contribution in [1.82, 2.24) is 0 Å². The average Bonchev–Trinajstić information content (AvgIpc) is 2.50. The third-order valence-electron chi connectivity index (χ3n) is 5.58. The van der Waals surface area contributed by atoms with E-state index in [4.69, 9.17) is 16.2 Å². The van der Waals surface area contributed by atoms with Gasteiger partial charge in [0.25, 0.3) is 0 Å². The molecule has 1 aromatic carbocycles. The van der Waals surface area contributed by atoms with E-state index in [0.717, 1.165) is 38.5 Å². The van der Waals surface area contributed by atoms with Crippen molar-refractivity contribution in [1.29, 1.82) is 0 Å². The molecule has 1 aromatic rings. The van der Waals surface area contributed by atoms with Crippen LogP contribution < -0.4 is 11.5 Å². The largest absolute Gasteiger partial charge is 0.376 e. The predicted molar refractivity (Wildman–Crippen MR) is 90.7 cm³/mol. The third-order valence-corrected chi connectivity index (χ3v) is 5.58. The van der Waals surface area contributed by atoms with Crippen LogP contribution in [0.2, 0.25) is 0 Å². The van der Waals surface area contributed by atoms with Crippen molar-refractivity contribution in [3.8, 4) is 0 Å². The molecule has 4 N–H and O–H groups in total. The van der Waals surface area contributed by atoms with Crippen LogP contribution >= 0.6 is 0 Å². The Morgan fingerprint density at radius 3 is 2.09 bits per heavy atom. The van der Waals surface area contributed by atoms with Crippen LogP contribution in [0.25, 0.3) is 0 Å². The molecule has 0 bridgehead atoms. The molecule has 2 fully saturated rings. The molecule has 3 nitrogen and oxygen atoms in total. The third kappa shape index (κ3) is 3.37. The Kier molecular flexibility index (Phi) is 4.58. The van der Waals surface area contributed by atoms with Gasteiger partial charge in [-0.15, -0.1) is 0 Å². The molecule has 22 heavy (non-hydrogen) atoms. The molecule has 1 saturated heterocycles. The minimum absolute atomic E-state index is 0.176. The summed E-state index contributed by atoms with van der Waals surface area (Å²) in [6, 6.07) is 9.40. The molecule has 0 radical (unpaired) electrons. The van der Waals surface area contributed by atoms with Gasteiger partial charge in [-0.3, -0.25) is 0 Å². The molecular weight excluding hydrogens is 272 g/mol. The molecule has 2 aliphatic rings. The average molecular weight is 302 g/mol. The highest BCUT2D eigenvalue weighted by Gasteiger charge is 2.32. The van der Waals surface area contributed by atoms with Crippen LogP contribution in [-0.4, -0.2) is 18.2 Å². The molecule has 3 rings (SSSR count). The molecule has 2 unspecified atom stereocenters. The summed E-state index contributed by atoms with van der Waals surface area (Å²) in [5, 5.41) is 0. The second kappa shape index (κ2) is 6.31. The van der Waals surface area contributed by atoms with Crippen molar-refractivity contribution in [3.05, 3.63) is 35.4 Å². The Bertz CT molecular complexity index is 481. The van der Waals surface area contributed by atoms with Crippen molar-refractivity contribution in [2.24, 2.45) is 11.5 Å². The van der Waals surface area contributed by atoms with E-state index in [2.05, 4.69) is 38.1 Å². The predicted octanol–water partition coefficient (Wildman–Crippen LogP) is 3.41. The van der Waals surface area contributed by atoms with E-state index in [9.17, 15) is 0 Å². The van der Waals surface area contributed by atoms with Gasteiger partial charge in [0.15, 0.2) is 0 Å². The van der Waals surface area contributed by atoms with E-state index in [1.165, 1.54) is 11.1 Å². The molecule has 0 spiro atoms. The second-order valence-electron chi connectivity index (χ2n) is 7.54. The molecule has 1 aliphatic heterocycles. The Hall–Kier alpha value is -0.900. The van der Waals surface area contributed by atoms with Crippen LogP contribution in [0.3, 0.4) is 0 Å². The van der Waals surface area contributed by atoms with E-state index in [1.807, 2.05) is 0 Å². The summed E-state index contributed by atoms with van der Waals surface area (Å²) in [6.07, 6.45) is 7.01. The smallest absolute Gasteiger partial charge is 0.0556 e. The van der Waals surface area contributed by atoms with E-state index >= 15 is 0 Å². The molecule has 0 aromatic heterocycles. The first-order valence-electron chi connectivity index (χ1n) is 8.76. The molecule has 1 heterocycles. The van der Waals surface area contributed by atoms with Crippen molar-refractivity contribution in [2.75, 3.05) is 0 Å². The van der Waals surface area contributed by atoms with E-state index in [1.54, 1.807) is 0 Å². The number of hydrogen-bond acceptors (Lipinski definition) is 3. The standard InChI is InChI=1S/C19H30N2O/c1-13-11-16(12-14(2)22-13)15-3-5-17(6-4-15)19(21)9-7-18(20)8-10-19/h3-6,13-14,16,18H,7-12,20-21H2,1-2H3. The minimum Gasteiger partial charge on any atom is -0.376 e. The van der Waals surface area contributed by atoms with Gasteiger partial charge in [0.05, 0.1) is 12.2 Å². The highest BCUT2D eigenvalue weighted by atomic mass is 16.5. The number of ether oxygens (including phenoxy) is 1. The molecule has 0 amide bonds. The van der Waals surface area contributed by atoms with Gasteiger partial charge in [0.2, 0.25) is 0 Å². The van der Waals surface area contributed by atoms with Gasteiger partial charge in [0, 0.05) is 11.6 Å². The quantitative estimate of drug-likeness (QED) is 0.880. The van der Waals surface area contributed by atoms with E-state index in [-0.39, 0.29) is 5.54 Å². The fraction of sp³-hybridized carbons (Fsp3) is 0.684. The number of hydrogen-bond donors (Lipinski definition) is 2. The van der Waals surface area contributed by atoms with Gasteiger partial charge >= 0.3 is 0 Å². The van der Waals surface area contributed by atoms with Crippen LogP contribution in [0.5, 0.6) is 0 Å². The first-order valence-corrected chi connectivity index (χ1v) is 8.76. The van der Waals surface area contributed by atoms with Gasteiger partial charge in [-0.2, -0.15) is 0 Å². The van der Waals surface area contributed by atoms with Crippen LogP contribution in [0.15, 0.2) is 24.3 Å². The lowest BCUT2D eigenvalue weighted by Gasteiger charge is -2.37. The summed E-state index contributed by atoms with van der Waals surface area (Å²) in [5.41, 5.74) is 15.2. The van der Waals surface area contributed by atoms with Gasteiger partial charge in [-0.25, -0.2) is 0 Å². The lowest BCUT2D eigenvalue weighted by molar-refractivity contribution is -0.0380. The molecule has 1 saturated carbocycles. The summed E-state index contributed by atoms with van der Waals surface area (Å²) in [7, 11) is 0. The molecule has 1 aliphatic carbocycles. The SMILES string of the molecule is CC1CC(c2ccc(C3(N)CCC(N)CC3)cc2)CC(C)O1. The summed E-state index contributed by atoms with van der Waals surface area (Å²) < 4.78 is 5.85. The van der Waals surface area contributed by atoms with Crippen LogP contribution in [-0.2, 0) is 10.3 Å². The first kappa shape index (κ1) is 16.0. The normalized spacial score (nSPS) is 39.6. The number of rotatable bonds is 2. The summed E-state index contributed by atoms with van der Waals surface area (Å²) in [5.74, 6) is 0.612. The van der Waals surface area contributed by atoms with E-state index < -0.39 is 0 Å². The Morgan fingerprint density at radius 1 is 1.00 bits per heavy atom.